The molecule has 43 heavy (non-hydrogen) atoms. The Morgan fingerprint density at radius 3 is 2.81 bits per heavy atom. The summed E-state index contributed by atoms with van der Waals surface area (Å²) >= 11 is 5.14. The molecule has 1 unspecified atom stereocenters. The number of β-lactam (4-membered cyclic amide) rings is 1. The number of carboxylic acid groups (broad SMARTS) is 2. The number of nitrogens with one attached hydrogen (secondary N) is 1. The van der Waals surface area contributed by atoms with E-state index in [0.29, 0.717) is 17.9 Å². The third-order valence-electron chi connectivity index (χ3n) is 6.41. The fraction of sp³-hybridized carbons (Fsp3) is 0.375. The van der Waals surface area contributed by atoms with Gasteiger partial charge in [0.15, 0.2) is 15.2 Å². The van der Waals surface area contributed by atoms with Crippen LogP contribution in [-0.2, 0) is 30.6 Å². The van der Waals surface area contributed by atoms with Gasteiger partial charge in [-0.25, -0.2) is 23.9 Å². The Bertz CT molecular complexity index is 1560. The van der Waals surface area contributed by atoms with Crippen LogP contribution in [0.2, 0.25) is 0 Å². The van der Waals surface area contributed by atoms with Crippen LogP contribution in [0.15, 0.2) is 32.3 Å². The van der Waals surface area contributed by atoms with Crippen molar-refractivity contribution in [1.82, 2.24) is 25.1 Å². The van der Waals surface area contributed by atoms with Gasteiger partial charge in [-0.15, -0.1) is 34.4 Å². The van der Waals surface area contributed by atoms with E-state index >= 15 is 0 Å². The lowest BCUT2D eigenvalue weighted by atomic mass is 10.0. The molecule has 3 aliphatic rings. The molecule has 0 bridgehead atoms. The first-order chi connectivity index (χ1) is 20.6. The molecule has 2 aromatic heterocycles. The highest BCUT2D eigenvalue weighted by Gasteiger charge is 2.54. The summed E-state index contributed by atoms with van der Waals surface area (Å²) in [7, 11) is 0. The quantitative estimate of drug-likeness (QED) is 0.110. The molecule has 3 atom stereocenters. The molecular formula is C24H24FN7O7S4. The number of hydrogen-bond donors (Lipinski definition) is 4. The molecule has 0 saturated carbocycles. The number of aromatic nitrogens is 2. The lowest BCUT2D eigenvalue weighted by molar-refractivity contribution is -0.150. The van der Waals surface area contributed by atoms with E-state index in [1.54, 1.807) is 0 Å². The predicted molar refractivity (Wildman–Crippen MR) is 159 cm³/mol. The van der Waals surface area contributed by atoms with Crippen LogP contribution in [0, 0.1) is 0 Å². The van der Waals surface area contributed by atoms with Gasteiger partial charge in [0.25, 0.3) is 11.8 Å². The second-order valence-corrected chi connectivity index (χ2v) is 13.5. The third kappa shape index (κ3) is 6.48. The zero-order chi connectivity index (χ0) is 30.8. The van der Waals surface area contributed by atoms with Crippen LogP contribution < -0.4 is 11.1 Å². The van der Waals surface area contributed by atoms with Crippen LogP contribution in [0.4, 0.5) is 9.52 Å². The van der Waals surface area contributed by atoms with Crippen LogP contribution in [0.5, 0.6) is 0 Å². The van der Waals surface area contributed by atoms with Crippen molar-refractivity contribution < 1.29 is 38.6 Å². The van der Waals surface area contributed by atoms with Gasteiger partial charge in [-0.1, -0.05) is 16.9 Å². The van der Waals surface area contributed by atoms with Crippen LogP contribution >= 0.6 is 46.2 Å². The van der Waals surface area contributed by atoms with Crippen molar-refractivity contribution in [3.63, 3.8) is 0 Å². The molecule has 5 N–H and O–H groups in total. The maximum Gasteiger partial charge on any atom is 0.352 e. The first kappa shape index (κ1) is 30.8. The normalized spacial score (nSPS) is 20.3. The molecule has 5 heterocycles. The summed E-state index contributed by atoms with van der Waals surface area (Å²) in [6.07, 6.45) is 2.34. The van der Waals surface area contributed by atoms with E-state index in [1.165, 1.54) is 47.2 Å². The highest BCUT2D eigenvalue weighted by Crippen LogP contribution is 2.42. The second kappa shape index (κ2) is 12.9. The van der Waals surface area contributed by atoms with Gasteiger partial charge in [-0.2, -0.15) is 0 Å². The van der Waals surface area contributed by atoms with Gasteiger partial charge in [0.05, 0.1) is 17.1 Å². The molecule has 19 heteroatoms. The molecule has 5 rings (SSSR count). The number of nitrogen functional groups attached to an aromatic ring is 1. The van der Waals surface area contributed by atoms with Gasteiger partial charge in [-0.3, -0.25) is 14.5 Å². The Balaban J connectivity index is 1.27. The van der Waals surface area contributed by atoms with Crippen molar-refractivity contribution in [1.29, 1.82) is 0 Å². The van der Waals surface area contributed by atoms with Gasteiger partial charge in [0, 0.05) is 29.6 Å². The summed E-state index contributed by atoms with van der Waals surface area (Å²) in [5.74, 6) is -3.47. The summed E-state index contributed by atoms with van der Waals surface area (Å²) in [4.78, 5) is 67.2. The van der Waals surface area contributed by atoms with Crippen molar-refractivity contribution in [2.45, 2.75) is 35.3 Å². The SMILES string of the molecule is C[C@H](O/N=C(\C(=O)NC1C(=O)N2C(C(=O)O)=C(CSc3nc4c(s3)C=CN(CCF)C4)CS[C@H]12)c1csc(N)n1)C(=O)O. The molecule has 228 valence electrons. The molecule has 1 saturated heterocycles. The number of oxime groups is 1. The average Bonchev–Trinajstić information content (AvgIpc) is 3.59. The molecule has 2 amide bonds. The number of thioether (sulfide) groups is 2. The number of halogens is 1. The minimum Gasteiger partial charge on any atom is -0.478 e. The minimum atomic E-state index is -1.37. The smallest absolute Gasteiger partial charge is 0.352 e. The van der Waals surface area contributed by atoms with Crippen molar-refractivity contribution in [3.8, 4) is 0 Å². The van der Waals surface area contributed by atoms with Crippen molar-refractivity contribution in [3.05, 3.63) is 39.1 Å². The average molecular weight is 670 g/mol. The molecule has 0 aliphatic carbocycles. The number of carbonyl (C=O) groups is 4. The van der Waals surface area contributed by atoms with Gasteiger partial charge >= 0.3 is 11.9 Å². The van der Waals surface area contributed by atoms with Gasteiger partial charge in [-0.05, 0) is 18.6 Å². The van der Waals surface area contributed by atoms with Gasteiger partial charge in [0.2, 0.25) is 6.10 Å². The number of hydrogen-bond acceptors (Lipinski definition) is 14. The summed E-state index contributed by atoms with van der Waals surface area (Å²) < 4.78 is 13.4. The number of nitrogens with zero attached hydrogens (tertiary/aromatic N) is 5. The van der Waals surface area contributed by atoms with E-state index < -0.39 is 47.9 Å². The molecular weight excluding hydrogens is 646 g/mol. The van der Waals surface area contributed by atoms with E-state index in [-0.39, 0.29) is 34.5 Å². The summed E-state index contributed by atoms with van der Waals surface area (Å²) in [6.45, 7) is 1.53. The Morgan fingerprint density at radius 1 is 1.35 bits per heavy atom. The van der Waals surface area contributed by atoms with E-state index in [0.717, 1.165) is 31.1 Å². The number of rotatable bonds is 12. The van der Waals surface area contributed by atoms with Crippen LogP contribution in [0.1, 0.15) is 23.2 Å². The van der Waals surface area contributed by atoms with Gasteiger partial charge < -0.3 is 31.0 Å². The maximum absolute atomic E-state index is 13.2. The Hall–Kier alpha value is -3.68. The van der Waals surface area contributed by atoms with E-state index in [1.807, 2.05) is 17.2 Å². The number of alkyl halides is 1. The van der Waals surface area contributed by atoms with Crippen molar-refractivity contribution in [2.24, 2.45) is 5.16 Å². The maximum atomic E-state index is 13.2. The first-order valence-corrected chi connectivity index (χ1v) is 16.3. The number of aliphatic carboxylic acids is 2. The molecule has 1 fully saturated rings. The fourth-order valence-corrected chi connectivity index (χ4v) is 8.37. The molecule has 2 aromatic rings. The van der Waals surface area contributed by atoms with E-state index in [4.69, 9.17) is 15.7 Å². The van der Waals surface area contributed by atoms with E-state index in [2.05, 4.69) is 20.4 Å². The second-order valence-electron chi connectivity index (χ2n) is 9.27. The summed E-state index contributed by atoms with van der Waals surface area (Å²) in [6, 6.07) is -1.07. The zero-order valence-electron chi connectivity index (χ0n) is 22.3. The third-order valence-corrected chi connectivity index (χ3v) is 10.7. The lowest BCUT2D eigenvalue weighted by Gasteiger charge is -2.49. The largest absolute Gasteiger partial charge is 0.478 e. The monoisotopic (exact) mass is 669 g/mol. The van der Waals surface area contributed by atoms with Crippen LogP contribution in [0.25, 0.3) is 6.08 Å². The highest BCUT2D eigenvalue weighted by molar-refractivity contribution is 8.01. The number of nitrogens with two attached hydrogens (primary N) is 1. The standard InChI is InChI=1S/C24H24FN7O7S4/c1-10(21(35)36)39-30-15(13-9-41-23(26)27-13)18(33)29-16-19(34)32-17(22(37)38)11(7-40-20(16)32)8-42-24-28-12-6-31(5-3-25)4-2-14(12)43-24/h2,4,9-10,16,20H,3,5-8H2,1H3,(H2,26,27)(H,29,33)(H,35,36)(H,37,38)/b30-15-/t10-,16?,20+/m0/s1. The number of carboxylic acids is 2. The zero-order valence-corrected chi connectivity index (χ0v) is 25.5. The summed E-state index contributed by atoms with van der Waals surface area (Å²) in [5.41, 5.74) is 6.54. The molecule has 0 aromatic carbocycles. The molecule has 0 radical (unpaired) electrons. The van der Waals surface area contributed by atoms with Gasteiger partial charge in [0.1, 0.15) is 29.5 Å². The molecule has 0 spiro atoms. The number of thiazole rings is 2. The Morgan fingerprint density at radius 2 is 2.14 bits per heavy atom. The van der Waals surface area contributed by atoms with Crippen molar-refractivity contribution in [2.75, 3.05) is 30.5 Å². The predicted octanol–water partition coefficient (Wildman–Crippen LogP) is 1.66. The minimum absolute atomic E-state index is 0.0254. The van der Waals surface area contributed by atoms with E-state index in [9.17, 15) is 28.7 Å². The van der Waals surface area contributed by atoms with Crippen molar-refractivity contribution >= 4 is 86.9 Å². The summed E-state index contributed by atoms with van der Waals surface area (Å²) in [5, 5.41) is 26.2. The van der Waals surface area contributed by atoms with Crippen LogP contribution in [-0.4, -0.2) is 102 Å². The Labute approximate surface area is 259 Å². The number of anilines is 1. The first-order valence-electron chi connectivity index (χ1n) is 12.6. The number of amides is 2. The molecule has 3 aliphatic heterocycles. The lowest BCUT2D eigenvalue weighted by Crippen LogP contribution is -2.71. The molecule has 14 nitrogen and oxygen atoms in total. The number of fused-ring (bicyclic) bond motifs is 2. The topological polar surface area (TPSA) is 201 Å². The fourth-order valence-electron chi connectivity index (χ4n) is 4.26. The van der Waals surface area contributed by atoms with Crippen LogP contribution in [0.3, 0.4) is 0 Å². The Kier molecular flexibility index (Phi) is 9.23. The highest BCUT2D eigenvalue weighted by atomic mass is 32.2. The number of carbonyl (C=O) groups excluding carboxylic acids is 2.